The molecule has 0 aromatic carbocycles. The van der Waals surface area contributed by atoms with Gasteiger partial charge >= 0.3 is 0 Å². The topological polar surface area (TPSA) is 96.2 Å². The van der Waals surface area contributed by atoms with E-state index < -0.39 is 0 Å². The second-order valence-corrected chi connectivity index (χ2v) is 8.32. The van der Waals surface area contributed by atoms with E-state index in [1.54, 1.807) is 0 Å². The lowest BCUT2D eigenvalue weighted by molar-refractivity contribution is 0.254. The van der Waals surface area contributed by atoms with Gasteiger partial charge in [0, 0.05) is 13.1 Å². The van der Waals surface area contributed by atoms with Crippen LogP contribution in [-0.4, -0.2) is 13.1 Å². The zero-order valence-electron chi connectivity index (χ0n) is 18.8. The average Bonchev–Trinajstić information content (AvgIpc) is 2.73. The highest BCUT2D eigenvalue weighted by Crippen LogP contribution is 2.14. The van der Waals surface area contributed by atoms with Crippen LogP contribution >= 0.6 is 0 Å². The Morgan fingerprint density at radius 2 is 0.414 bits per heavy atom. The predicted molar refractivity (Wildman–Crippen MR) is 123 cm³/mol. The molecule has 8 heteroatoms. The van der Waals surface area contributed by atoms with Crippen LogP contribution in [0.1, 0.15) is 122 Å². The van der Waals surface area contributed by atoms with Crippen LogP contribution in [0.3, 0.4) is 0 Å². The Bertz CT molecular complexity index is 166. The molecule has 1 fully saturated rings. The molecule has 1 heterocycles. The van der Waals surface area contributed by atoms with Crippen LogP contribution in [0, 0.1) is 0 Å². The molecule has 1 aliphatic rings. The van der Waals surface area contributed by atoms with Crippen molar-refractivity contribution >= 4 is 0 Å². The molecule has 1 saturated heterocycles. The first-order chi connectivity index (χ1) is 14.5. The maximum atomic E-state index is 3.13. The smallest absolute Gasteiger partial charge is 0.0113 e. The minimum Gasteiger partial charge on any atom is -0.243 e. The lowest BCUT2D eigenvalue weighted by Crippen LogP contribution is -2.63. The quantitative estimate of drug-likeness (QED) is 0.305. The molecule has 0 aliphatic carbocycles. The van der Waals surface area contributed by atoms with Gasteiger partial charge in [0.2, 0.25) is 0 Å². The Morgan fingerprint density at radius 1 is 0.207 bits per heavy atom. The highest BCUT2D eigenvalue weighted by atomic mass is 15.9. The van der Waals surface area contributed by atoms with Crippen LogP contribution in [0.15, 0.2) is 0 Å². The molecule has 0 atom stereocenters. The van der Waals surface area contributed by atoms with Crippen molar-refractivity contribution in [1.82, 2.24) is 44.1 Å². The van der Waals surface area contributed by atoms with Gasteiger partial charge in [0.05, 0.1) is 0 Å². The molecule has 0 spiro atoms. The molecule has 0 unspecified atom stereocenters. The van der Waals surface area contributed by atoms with E-state index in [0.717, 1.165) is 13.1 Å². The van der Waals surface area contributed by atoms with Crippen LogP contribution in [-0.2, 0) is 0 Å². The minimum atomic E-state index is 0.960. The fraction of sp³-hybridized carbons (Fsp3) is 1.00. The van der Waals surface area contributed by atoms with Gasteiger partial charge in [-0.05, 0) is 12.8 Å². The lowest BCUT2D eigenvalue weighted by Gasteiger charge is -2.13. The normalized spacial score (nSPS) is 24.0. The molecular weight excluding hydrogens is 364 g/mol. The van der Waals surface area contributed by atoms with Crippen LogP contribution in [0.5, 0.6) is 0 Å². The van der Waals surface area contributed by atoms with E-state index in [2.05, 4.69) is 44.1 Å². The van der Waals surface area contributed by atoms with E-state index in [1.165, 1.54) is 122 Å². The zero-order valence-corrected chi connectivity index (χ0v) is 18.8. The molecule has 0 aromatic heterocycles. The molecule has 1 rings (SSSR count). The molecule has 8 N–H and O–H groups in total. The summed E-state index contributed by atoms with van der Waals surface area (Å²) in [6.45, 7) is 1.92. The first-order valence-electron chi connectivity index (χ1n) is 12.5. The molecular formula is C21H50N8. The Kier molecular flexibility index (Phi) is 22.1. The number of rotatable bonds is 0. The summed E-state index contributed by atoms with van der Waals surface area (Å²) in [4.78, 5) is 0. The van der Waals surface area contributed by atoms with Gasteiger partial charge in [-0.25, -0.2) is 10.9 Å². The maximum absolute atomic E-state index is 3.13. The van der Waals surface area contributed by atoms with Crippen molar-refractivity contribution < 1.29 is 0 Å². The van der Waals surface area contributed by atoms with Crippen LogP contribution in [0.2, 0.25) is 0 Å². The van der Waals surface area contributed by atoms with Gasteiger partial charge in [0.25, 0.3) is 0 Å². The van der Waals surface area contributed by atoms with Crippen LogP contribution in [0.25, 0.3) is 0 Å². The summed E-state index contributed by atoms with van der Waals surface area (Å²) in [5.41, 5.74) is 23.2. The van der Waals surface area contributed by atoms with Gasteiger partial charge in [-0.1, -0.05) is 109 Å². The maximum Gasteiger partial charge on any atom is 0.0113 e. The summed E-state index contributed by atoms with van der Waals surface area (Å²) >= 11 is 0. The van der Waals surface area contributed by atoms with Gasteiger partial charge in [0.15, 0.2) is 0 Å². The van der Waals surface area contributed by atoms with Crippen molar-refractivity contribution in [2.45, 2.75) is 122 Å². The molecule has 1 aliphatic heterocycles. The molecule has 0 saturated carbocycles. The summed E-state index contributed by atoms with van der Waals surface area (Å²) in [5.74, 6) is 0. The number of nitrogens with one attached hydrogen (secondary N) is 8. The van der Waals surface area contributed by atoms with Crippen LogP contribution in [0.4, 0.5) is 0 Å². The molecule has 0 bridgehead atoms. The molecule has 29 heavy (non-hydrogen) atoms. The molecule has 8 nitrogen and oxygen atoms in total. The second-order valence-electron chi connectivity index (χ2n) is 8.32. The van der Waals surface area contributed by atoms with Gasteiger partial charge in [-0.2, -0.15) is 33.2 Å². The third kappa shape index (κ3) is 22.2. The SMILES string of the molecule is C1CCCCCCCCCCNNNNNNNNCCCCCCCCCC1. The van der Waals surface area contributed by atoms with Crippen molar-refractivity contribution in [1.29, 1.82) is 0 Å². The van der Waals surface area contributed by atoms with Crippen molar-refractivity contribution in [2.24, 2.45) is 0 Å². The first-order valence-corrected chi connectivity index (χ1v) is 12.5. The Balaban J connectivity index is 2.00. The van der Waals surface area contributed by atoms with Gasteiger partial charge < -0.3 is 0 Å². The summed E-state index contributed by atoms with van der Waals surface area (Å²) in [6, 6.07) is 0. The van der Waals surface area contributed by atoms with Gasteiger partial charge in [-0.3, -0.25) is 0 Å². The third-order valence-electron chi connectivity index (χ3n) is 5.59. The third-order valence-corrected chi connectivity index (χ3v) is 5.59. The van der Waals surface area contributed by atoms with E-state index in [1.807, 2.05) is 0 Å². The Hall–Kier alpha value is -0.320. The number of hydrazine groups is 7. The summed E-state index contributed by atoms with van der Waals surface area (Å²) in [6.07, 6.45) is 26.4. The molecule has 0 amide bonds. The largest absolute Gasteiger partial charge is 0.243 e. The molecule has 0 radical (unpaired) electrons. The van der Waals surface area contributed by atoms with E-state index in [-0.39, 0.29) is 0 Å². The highest BCUT2D eigenvalue weighted by Gasteiger charge is 1.96. The zero-order chi connectivity index (χ0) is 20.5. The number of hydrogen-bond donors (Lipinski definition) is 8. The Labute approximate surface area is 179 Å². The summed E-state index contributed by atoms with van der Waals surface area (Å²) in [7, 11) is 0. The van der Waals surface area contributed by atoms with E-state index >= 15 is 0 Å². The lowest BCUT2D eigenvalue weighted by atomic mass is 10.0. The van der Waals surface area contributed by atoms with Crippen molar-refractivity contribution in [3.8, 4) is 0 Å². The summed E-state index contributed by atoms with van der Waals surface area (Å²) in [5, 5.41) is 0. The first kappa shape index (κ1) is 26.7. The molecule has 0 aromatic rings. The van der Waals surface area contributed by atoms with Crippen molar-refractivity contribution in [3.05, 3.63) is 0 Å². The van der Waals surface area contributed by atoms with E-state index in [9.17, 15) is 0 Å². The monoisotopic (exact) mass is 414 g/mol. The summed E-state index contributed by atoms with van der Waals surface area (Å²) < 4.78 is 0. The Morgan fingerprint density at radius 3 is 0.690 bits per heavy atom. The van der Waals surface area contributed by atoms with Crippen molar-refractivity contribution in [3.63, 3.8) is 0 Å². The number of hydrogen-bond acceptors (Lipinski definition) is 8. The van der Waals surface area contributed by atoms with Crippen molar-refractivity contribution in [2.75, 3.05) is 13.1 Å². The molecule has 174 valence electrons. The fourth-order valence-electron chi connectivity index (χ4n) is 3.77. The van der Waals surface area contributed by atoms with Gasteiger partial charge in [-0.15, -0.1) is 0 Å². The standard InChI is InChI=1S/C21H50N8/c1-2-4-6-8-10-12-14-16-18-20-22-24-26-28-29-27-25-23-21-19-17-15-13-11-9-7-5-3-1/h22-29H,1-21H2. The minimum absolute atomic E-state index is 0.960. The van der Waals surface area contributed by atoms with E-state index in [4.69, 9.17) is 0 Å². The van der Waals surface area contributed by atoms with Gasteiger partial charge in [0.1, 0.15) is 0 Å². The highest BCUT2D eigenvalue weighted by molar-refractivity contribution is 4.51. The average molecular weight is 415 g/mol. The predicted octanol–water partition coefficient (Wildman–Crippen LogP) is 3.53. The fourth-order valence-corrected chi connectivity index (χ4v) is 3.77. The van der Waals surface area contributed by atoms with E-state index in [0.29, 0.717) is 0 Å². The van der Waals surface area contributed by atoms with Crippen LogP contribution < -0.4 is 44.1 Å². The second kappa shape index (κ2) is 24.0.